The molecule has 15 heavy (non-hydrogen) atoms. The zero-order chi connectivity index (χ0) is 10.7. The molecule has 3 heteroatoms. The van der Waals surface area contributed by atoms with Crippen LogP contribution in [0, 0.1) is 12.3 Å². The Balaban J connectivity index is 2.50. The Hall–Kier alpha value is -2.34. The van der Waals surface area contributed by atoms with E-state index >= 15 is 0 Å². The van der Waals surface area contributed by atoms with E-state index in [0.717, 1.165) is 11.1 Å². The highest BCUT2D eigenvalue weighted by atomic mass is 16.1. The van der Waals surface area contributed by atoms with Gasteiger partial charge in [0.2, 0.25) is 0 Å². The molecule has 1 heterocycles. The maximum atomic E-state index is 10.8. The van der Waals surface area contributed by atoms with Gasteiger partial charge in [0.1, 0.15) is 0 Å². The third-order valence-electron chi connectivity index (χ3n) is 2.00. The predicted octanol–water partition coefficient (Wildman–Crippen LogP) is 1.42. The Bertz CT molecular complexity index is 558. The SMILES string of the molecule is C#Cc1cccc(-c2ccc(=O)[nH]n2)c1. The molecule has 0 unspecified atom stereocenters. The molecule has 0 saturated heterocycles. The van der Waals surface area contributed by atoms with Gasteiger partial charge in [-0.3, -0.25) is 4.79 Å². The molecule has 0 aliphatic carbocycles. The maximum absolute atomic E-state index is 10.8. The van der Waals surface area contributed by atoms with Crippen LogP contribution in [0.2, 0.25) is 0 Å². The lowest BCUT2D eigenvalue weighted by Gasteiger charge is -1.99. The molecule has 0 atom stereocenters. The normalized spacial score (nSPS) is 9.53. The fraction of sp³-hybridized carbons (Fsp3) is 0. The van der Waals surface area contributed by atoms with Crippen LogP contribution in [0.5, 0.6) is 0 Å². The number of hydrogen-bond donors (Lipinski definition) is 1. The van der Waals surface area contributed by atoms with Crippen molar-refractivity contribution in [1.82, 2.24) is 10.2 Å². The molecule has 0 aliphatic rings. The van der Waals surface area contributed by atoms with E-state index in [1.54, 1.807) is 6.07 Å². The van der Waals surface area contributed by atoms with Crippen molar-refractivity contribution in [2.45, 2.75) is 0 Å². The molecule has 0 aliphatic heterocycles. The fourth-order valence-corrected chi connectivity index (χ4v) is 1.27. The first-order chi connectivity index (χ1) is 7.29. The molecule has 0 radical (unpaired) electrons. The van der Waals surface area contributed by atoms with Crippen molar-refractivity contribution in [3.8, 4) is 23.6 Å². The third-order valence-corrected chi connectivity index (χ3v) is 2.00. The van der Waals surface area contributed by atoms with Gasteiger partial charge in [0.15, 0.2) is 0 Å². The molecule has 0 saturated carbocycles. The molecular formula is C12H8N2O. The van der Waals surface area contributed by atoms with E-state index in [9.17, 15) is 4.79 Å². The first kappa shape index (κ1) is 9.22. The molecule has 0 fully saturated rings. The van der Waals surface area contributed by atoms with Gasteiger partial charge in [-0.05, 0) is 18.2 Å². The first-order valence-corrected chi connectivity index (χ1v) is 4.42. The predicted molar refractivity (Wildman–Crippen MR) is 58.2 cm³/mol. The van der Waals surface area contributed by atoms with Crippen molar-refractivity contribution in [1.29, 1.82) is 0 Å². The standard InChI is InChI=1S/C12H8N2O/c1-2-9-4-3-5-10(8-9)11-6-7-12(15)14-13-11/h1,3-8H,(H,14,15). The minimum Gasteiger partial charge on any atom is -0.268 e. The summed E-state index contributed by atoms with van der Waals surface area (Å²) in [6, 6.07) is 10.5. The van der Waals surface area contributed by atoms with Gasteiger partial charge in [0.05, 0.1) is 5.69 Å². The Morgan fingerprint density at radius 1 is 1.27 bits per heavy atom. The molecule has 0 amide bonds. The van der Waals surface area contributed by atoms with Gasteiger partial charge in [-0.2, -0.15) is 5.10 Å². The van der Waals surface area contributed by atoms with Crippen LogP contribution in [-0.4, -0.2) is 10.2 Å². The van der Waals surface area contributed by atoms with Crippen LogP contribution in [0.25, 0.3) is 11.3 Å². The average Bonchev–Trinajstić information content (AvgIpc) is 2.30. The summed E-state index contributed by atoms with van der Waals surface area (Å²) in [5.74, 6) is 2.55. The summed E-state index contributed by atoms with van der Waals surface area (Å²) in [5, 5.41) is 6.30. The van der Waals surface area contributed by atoms with E-state index in [-0.39, 0.29) is 5.56 Å². The van der Waals surface area contributed by atoms with Gasteiger partial charge in [0.25, 0.3) is 5.56 Å². The highest BCUT2D eigenvalue weighted by Crippen LogP contribution is 2.15. The summed E-state index contributed by atoms with van der Waals surface area (Å²) >= 11 is 0. The Morgan fingerprint density at radius 2 is 2.13 bits per heavy atom. The molecule has 1 N–H and O–H groups in total. The molecular weight excluding hydrogens is 188 g/mol. The number of rotatable bonds is 1. The Morgan fingerprint density at radius 3 is 2.80 bits per heavy atom. The topological polar surface area (TPSA) is 45.8 Å². The van der Waals surface area contributed by atoms with E-state index in [2.05, 4.69) is 16.1 Å². The van der Waals surface area contributed by atoms with Crippen molar-refractivity contribution < 1.29 is 0 Å². The zero-order valence-corrected chi connectivity index (χ0v) is 7.90. The zero-order valence-electron chi connectivity index (χ0n) is 7.90. The fourth-order valence-electron chi connectivity index (χ4n) is 1.27. The lowest BCUT2D eigenvalue weighted by Crippen LogP contribution is -2.05. The minimum atomic E-state index is -0.216. The Labute approximate surface area is 86.8 Å². The average molecular weight is 196 g/mol. The van der Waals surface area contributed by atoms with Gasteiger partial charge < -0.3 is 0 Å². The van der Waals surface area contributed by atoms with Crippen molar-refractivity contribution in [3.05, 3.63) is 52.3 Å². The molecule has 1 aromatic carbocycles. The number of terminal acetylenes is 1. The van der Waals surface area contributed by atoms with Gasteiger partial charge in [0, 0.05) is 17.2 Å². The largest absolute Gasteiger partial charge is 0.268 e. The number of nitrogens with one attached hydrogen (secondary N) is 1. The van der Waals surface area contributed by atoms with E-state index in [1.807, 2.05) is 24.3 Å². The van der Waals surface area contributed by atoms with Crippen molar-refractivity contribution in [2.75, 3.05) is 0 Å². The molecule has 0 spiro atoms. The van der Waals surface area contributed by atoms with Crippen LogP contribution in [0.15, 0.2) is 41.2 Å². The van der Waals surface area contributed by atoms with Crippen molar-refractivity contribution in [3.63, 3.8) is 0 Å². The Kier molecular flexibility index (Phi) is 2.34. The number of H-pyrrole nitrogens is 1. The van der Waals surface area contributed by atoms with E-state index in [1.165, 1.54) is 6.07 Å². The van der Waals surface area contributed by atoms with Gasteiger partial charge in [-0.25, -0.2) is 5.10 Å². The summed E-state index contributed by atoms with van der Waals surface area (Å²) in [6.45, 7) is 0. The number of aromatic nitrogens is 2. The highest BCUT2D eigenvalue weighted by Gasteiger charge is 1.99. The maximum Gasteiger partial charge on any atom is 0.264 e. The van der Waals surface area contributed by atoms with E-state index in [0.29, 0.717) is 5.69 Å². The van der Waals surface area contributed by atoms with Crippen LogP contribution >= 0.6 is 0 Å². The van der Waals surface area contributed by atoms with Gasteiger partial charge >= 0.3 is 0 Å². The summed E-state index contributed by atoms with van der Waals surface area (Å²) in [6.07, 6.45) is 5.29. The lowest BCUT2D eigenvalue weighted by atomic mass is 10.1. The number of aromatic amines is 1. The second-order valence-corrected chi connectivity index (χ2v) is 3.03. The summed E-state index contributed by atoms with van der Waals surface area (Å²) in [4.78, 5) is 10.8. The molecule has 72 valence electrons. The summed E-state index contributed by atoms with van der Waals surface area (Å²) in [7, 11) is 0. The summed E-state index contributed by atoms with van der Waals surface area (Å²) in [5.41, 5.74) is 2.17. The monoisotopic (exact) mass is 196 g/mol. The molecule has 2 aromatic rings. The van der Waals surface area contributed by atoms with Crippen molar-refractivity contribution >= 4 is 0 Å². The second kappa shape index (κ2) is 3.81. The highest BCUT2D eigenvalue weighted by molar-refractivity contribution is 5.60. The van der Waals surface area contributed by atoms with Crippen LogP contribution in [0.4, 0.5) is 0 Å². The van der Waals surface area contributed by atoms with Gasteiger partial charge in [-0.15, -0.1) is 6.42 Å². The van der Waals surface area contributed by atoms with Crippen LogP contribution in [0.1, 0.15) is 5.56 Å². The lowest BCUT2D eigenvalue weighted by molar-refractivity contribution is 0.995. The number of hydrogen-bond acceptors (Lipinski definition) is 2. The van der Waals surface area contributed by atoms with Crippen molar-refractivity contribution in [2.24, 2.45) is 0 Å². The molecule has 3 nitrogen and oxygen atoms in total. The van der Waals surface area contributed by atoms with E-state index in [4.69, 9.17) is 6.42 Å². The molecule has 2 rings (SSSR count). The van der Waals surface area contributed by atoms with Crippen LogP contribution in [0.3, 0.4) is 0 Å². The van der Waals surface area contributed by atoms with Crippen LogP contribution in [-0.2, 0) is 0 Å². The van der Waals surface area contributed by atoms with Crippen LogP contribution < -0.4 is 5.56 Å². The summed E-state index contributed by atoms with van der Waals surface area (Å²) < 4.78 is 0. The number of benzene rings is 1. The minimum absolute atomic E-state index is 0.216. The van der Waals surface area contributed by atoms with Gasteiger partial charge in [-0.1, -0.05) is 18.1 Å². The third kappa shape index (κ3) is 1.94. The quantitative estimate of drug-likeness (QED) is 0.701. The number of nitrogens with zero attached hydrogens (tertiary/aromatic N) is 1. The van der Waals surface area contributed by atoms with E-state index < -0.39 is 0 Å². The first-order valence-electron chi connectivity index (χ1n) is 4.42. The molecule has 0 bridgehead atoms. The smallest absolute Gasteiger partial charge is 0.264 e. The molecule has 1 aromatic heterocycles. The second-order valence-electron chi connectivity index (χ2n) is 3.03.